The molecule has 10 atom stereocenters. The fourth-order valence-corrected chi connectivity index (χ4v) is 11.8. The molecule has 340 valence electrons. The number of rotatable bonds is 21. The maximum Gasteiger partial charge on any atom is 0.306 e. The summed E-state index contributed by atoms with van der Waals surface area (Å²) in [6.45, 7) is 13.6. The van der Waals surface area contributed by atoms with Crippen LogP contribution in [0.4, 0.5) is 5.69 Å². The maximum absolute atomic E-state index is 13.2. The zero-order chi connectivity index (χ0) is 44.1. The largest absolute Gasteiger partial charge is 0.505 e. The third-order valence-corrected chi connectivity index (χ3v) is 14.7. The predicted molar refractivity (Wildman–Crippen MR) is 228 cm³/mol. The fraction of sp³-hybridized carbons (Fsp3) is 0.783. The second-order valence-electron chi connectivity index (χ2n) is 18.3. The number of primary amides is 1. The van der Waals surface area contributed by atoms with Crippen LogP contribution in [0.15, 0.2) is 12.1 Å². The van der Waals surface area contributed by atoms with E-state index in [9.17, 15) is 34.5 Å². The van der Waals surface area contributed by atoms with E-state index in [0.29, 0.717) is 69.5 Å². The Hall–Kier alpha value is -3.46. The van der Waals surface area contributed by atoms with Gasteiger partial charge in [0.05, 0.1) is 50.7 Å². The Labute approximate surface area is 357 Å². The van der Waals surface area contributed by atoms with Crippen molar-refractivity contribution >= 4 is 29.9 Å². The van der Waals surface area contributed by atoms with Gasteiger partial charge >= 0.3 is 5.97 Å². The molecule has 14 nitrogen and oxygen atoms in total. The lowest BCUT2D eigenvalue weighted by Crippen LogP contribution is -2.59. The number of hydrogen-bond acceptors (Lipinski definition) is 11. The number of carbonyl (C=O) groups excluding carboxylic acids is 4. The van der Waals surface area contributed by atoms with E-state index in [1.807, 2.05) is 6.92 Å². The first kappa shape index (κ1) is 49.2. The summed E-state index contributed by atoms with van der Waals surface area (Å²) >= 11 is 0. The highest BCUT2D eigenvalue weighted by molar-refractivity contribution is 6.01. The molecular weight excluding hydrogens is 771 g/mol. The molecule has 0 heterocycles. The normalized spacial score (nSPS) is 30.2. The molecule has 4 aliphatic carbocycles. The Morgan fingerprint density at radius 2 is 1.65 bits per heavy atom. The number of carbonyl (C=O) groups is 4. The summed E-state index contributed by atoms with van der Waals surface area (Å²) in [6.07, 6.45) is 13.3. The highest BCUT2D eigenvalue weighted by atomic mass is 16.5. The number of aromatic hydroxyl groups is 1. The lowest BCUT2D eigenvalue weighted by Gasteiger charge is -2.63. The first-order chi connectivity index (χ1) is 28.6. The molecule has 3 amide bonds. The second-order valence-corrected chi connectivity index (χ2v) is 18.3. The molecule has 0 spiro atoms. The Balaban J connectivity index is 0.000000445. The van der Waals surface area contributed by atoms with Gasteiger partial charge in [-0.3, -0.25) is 19.2 Å². The van der Waals surface area contributed by atoms with Crippen LogP contribution in [0, 0.1) is 40.4 Å². The number of ether oxygens (including phenoxy) is 4. The Bertz CT molecular complexity index is 1570. The van der Waals surface area contributed by atoms with E-state index in [0.717, 1.165) is 57.8 Å². The first-order valence-corrected chi connectivity index (χ1v) is 22.5. The minimum absolute atomic E-state index is 0.0225. The number of aliphatic hydroxyl groups is 2. The third-order valence-electron chi connectivity index (χ3n) is 14.7. The van der Waals surface area contributed by atoms with Crippen LogP contribution in [-0.4, -0.2) is 97.4 Å². The summed E-state index contributed by atoms with van der Waals surface area (Å²) in [5.74, 6) is 0.358. The third kappa shape index (κ3) is 11.9. The van der Waals surface area contributed by atoms with Crippen molar-refractivity contribution in [3.05, 3.63) is 17.7 Å². The van der Waals surface area contributed by atoms with Crippen LogP contribution in [-0.2, 0) is 28.6 Å². The molecule has 6 unspecified atom stereocenters. The first-order valence-electron chi connectivity index (χ1n) is 22.5. The molecule has 60 heavy (non-hydrogen) atoms. The van der Waals surface area contributed by atoms with Crippen molar-refractivity contribution in [3.8, 4) is 11.5 Å². The van der Waals surface area contributed by atoms with Crippen LogP contribution < -0.4 is 21.1 Å². The molecule has 0 aromatic heterocycles. The Morgan fingerprint density at radius 3 is 2.33 bits per heavy atom. The van der Waals surface area contributed by atoms with Gasteiger partial charge in [-0.2, -0.15) is 0 Å². The number of hydrogen-bond donors (Lipinski definition) is 6. The molecule has 0 bridgehead atoms. The van der Waals surface area contributed by atoms with Crippen molar-refractivity contribution in [1.82, 2.24) is 5.32 Å². The van der Waals surface area contributed by atoms with Crippen molar-refractivity contribution in [1.29, 1.82) is 0 Å². The number of amides is 3. The van der Waals surface area contributed by atoms with Crippen molar-refractivity contribution in [2.75, 3.05) is 45.4 Å². The monoisotopic (exact) mass is 846 g/mol. The minimum atomic E-state index is -0.834. The fourth-order valence-electron chi connectivity index (χ4n) is 11.8. The van der Waals surface area contributed by atoms with E-state index in [2.05, 4.69) is 38.3 Å². The zero-order valence-corrected chi connectivity index (χ0v) is 37.1. The summed E-state index contributed by atoms with van der Waals surface area (Å²) in [7, 11) is 1.34. The summed E-state index contributed by atoms with van der Waals surface area (Å²) in [5, 5.41) is 37.2. The van der Waals surface area contributed by atoms with Gasteiger partial charge in [0.15, 0.2) is 5.75 Å². The maximum atomic E-state index is 13.2. The molecule has 0 saturated heterocycles. The van der Waals surface area contributed by atoms with Gasteiger partial charge in [-0.1, -0.05) is 46.5 Å². The molecule has 1 aromatic carbocycles. The van der Waals surface area contributed by atoms with Crippen molar-refractivity contribution in [3.63, 3.8) is 0 Å². The smallest absolute Gasteiger partial charge is 0.306 e. The van der Waals surface area contributed by atoms with Gasteiger partial charge in [0.2, 0.25) is 12.3 Å². The van der Waals surface area contributed by atoms with Gasteiger partial charge in [-0.25, -0.2) is 0 Å². The summed E-state index contributed by atoms with van der Waals surface area (Å²) < 4.78 is 21.8. The number of esters is 1. The van der Waals surface area contributed by atoms with Gasteiger partial charge < -0.3 is 50.6 Å². The molecule has 1 aromatic rings. The van der Waals surface area contributed by atoms with Gasteiger partial charge in [0, 0.05) is 25.5 Å². The number of aliphatic hydroxyl groups excluding tert-OH is 1. The predicted octanol–water partition coefficient (Wildman–Crippen LogP) is 6.27. The zero-order valence-electron chi connectivity index (χ0n) is 37.1. The number of anilines is 1. The van der Waals surface area contributed by atoms with Crippen LogP contribution in [0.1, 0.15) is 141 Å². The van der Waals surface area contributed by atoms with E-state index in [4.69, 9.17) is 24.7 Å². The number of nitrogens with one attached hydrogen (secondary N) is 2. The number of fused-ring (bicyclic) bond motifs is 5. The van der Waals surface area contributed by atoms with Crippen LogP contribution >= 0.6 is 0 Å². The van der Waals surface area contributed by atoms with Crippen LogP contribution in [0.25, 0.3) is 0 Å². The van der Waals surface area contributed by atoms with E-state index in [1.165, 1.54) is 38.5 Å². The molecule has 0 aliphatic heterocycles. The second kappa shape index (κ2) is 22.6. The van der Waals surface area contributed by atoms with Gasteiger partial charge in [-0.05, 0) is 118 Å². The van der Waals surface area contributed by atoms with Gasteiger partial charge in [0.1, 0.15) is 17.4 Å². The number of phenols is 1. The number of unbranched alkanes of at least 4 members (excludes halogenated alkanes) is 3. The molecule has 4 saturated carbocycles. The van der Waals surface area contributed by atoms with Crippen molar-refractivity contribution < 1.29 is 53.4 Å². The standard InChI is InChI=1S/C37H65NO7.C9H10N2O4/c1-6-8-9-10-17-37(5,42)32-12-11-28-27-25-31(45-34(41)14-13-33(40)38-20-21-44-23-22-43-7-2)30-24-26(39)15-18-35(30,3)29(27)16-19-36(28,32)4;1-15-6-3-2-5(11-4-12)8(13)7(6)9(10)14/h26-32,39,42H,6-25H2,1-5H3,(H,38,40);2-4,13H,1H3,(H2,10,14)(H,11,12)/t26?,27?,28-,29-,30?,31-,32?,35?,36?,37-;/m0./s1. The van der Waals surface area contributed by atoms with E-state index in [-0.39, 0.29) is 70.7 Å². The topological polar surface area (TPSA) is 216 Å². The highest BCUT2D eigenvalue weighted by Crippen LogP contribution is 2.69. The molecule has 4 fully saturated rings. The molecule has 14 heteroatoms. The van der Waals surface area contributed by atoms with Crippen LogP contribution in [0.3, 0.4) is 0 Å². The summed E-state index contributed by atoms with van der Waals surface area (Å²) in [5.41, 5.74) is 4.46. The quantitative estimate of drug-likeness (QED) is 0.0351. The highest BCUT2D eigenvalue weighted by Gasteiger charge is 2.64. The van der Waals surface area contributed by atoms with Gasteiger partial charge in [-0.15, -0.1) is 0 Å². The molecular formula is C46H75N3O11. The lowest BCUT2D eigenvalue weighted by molar-refractivity contribution is -0.197. The lowest BCUT2D eigenvalue weighted by atomic mass is 9.43. The Kier molecular flexibility index (Phi) is 18.5. The average molecular weight is 846 g/mol. The Morgan fingerprint density at radius 1 is 0.933 bits per heavy atom. The minimum Gasteiger partial charge on any atom is -0.505 e. The molecule has 4 aliphatic rings. The van der Waals surface area contributed by atoms with E-state index >= 15 is 0 Å². The van der Waals surface area contributed by atoms with Gasteiger partial charge in [0.25, 0.3) is 5.91 Å². The molecule has 0 radical (unpaired) electrons. The summed E-state index contributed by atoms with van der Waals surface area (Å²) in [6, 6.07) is 2.82. The van der Waals surface area contributed by atoms with E-state index in [1.54, 1.807) is 0 Å². The number of nitrogens with two attached hydrogens (primary N) is 1. The SMILES string of the molecule is CCCCCC[C@](C)(O)C1CC[C@H]2C3C[C@H](OC(=O)CCC(=O)NCCOCCOCC)C4CC(O)CCC4(C)[C@H]3CCC12C.COc1ccc(NC=O)c(O)c1C(N)=O. The van der Waals surface area contributed by atoms with Crippen LogP contribution in [0.5, 0.6) is 11.5 Å². The molecule has 5 rings (SSSR count). The number of benzene rings is 1. The van der Waals surface area contributed by atoms with E-state index < -0.39 is 17.3 Å². The summed E-state index contributed by atoms with van der Waals surface area (Å²) in [4.78, 5) is 46.8. The van der Waals surface area contributed by atoms with Crippen LogP contribution in [0.2, 0.25) is 0 Å². The van der Waals surface area contributed by atoms with Crippen molar-refractivity contribution in [2.45, 2.75) is 149 Å². The molecule has 7 N–H and O–H groups in total. The average Bonchev–Trinajstić information content (AvgIpc) is 3.58. The van der Waals surface area contributed by atoms with Crippen molar-refractivity contribution in [2.24, 2.45) is 46.2 Å². The number of methoxy groups -OCH3 is 1.